The van der Waals surface area contributed by atoms with Gasteiger partial charge in [0, 0.05) is 12.2 Å². The fraction of sp³-hybridized carbons (Fsp3) is 0.231. The van der Waals surface area contributed by atoms with Crippen LogP contribution >= 0.6 is 0 Å². The zero-order valence-corrected chi connectivity index (χ0v) is 9.38. The van der Waals surface area contributed by atoms with E-state index in [4.69, 9.17) is 5.26 Å². The number of nitriles is 1. The summed E-state index contributed by atoms with van der Waals surface area (Å²) in [5.74, 6) is 0. The average Bonchev–Trinajstić information content (AvgIpc) is 2.78. The van der Waals surface area contributed by atoms with Crippen molar-refractivity contribution >= 4 is 0 Å². The Morgan fingerprint density at radius 3 is 2.44 bits per heavy atom. The van der Waals surface area contributed by atoms with Gasteiger partial charge < -0.3 is 0 Å². The van der Waals surface area contributed by atoms with E-state index in [0.29, 0.717) is 11.6 Å². The number of nitrogens with zero attached hydrogens (tertiary/aromatic N) is 3. The van der Waals surface area contributed by atoms with Crippen LogP contribution in [0.2, 0.25) is 0 Å². The molecule has 2 aromatic rings. The van der Waals surface area contributed by atoms with Crippen molar-refractivity contribution in [3.05, 3.63) is 42.1 Å². The van der Waals surface area contributed by atoms with Gasteiger partial charge in [-0.05, 0) is 37.6 Å². The lowest BCUT2D eigenvalue weighted by Gasteiger charge is -2.10. The summed E-state index contributed by atoms with van der Waals surface area (Å²) in [6.45, 7) is 4.19. The number of benzene rings is 1. The minimum absolute atomic E-state index is 0.334. The highest BCUT2D eigenvalue weighted by Gasteiger charge is 2.07. The van der Waals surface area contributed by atoms with Crippen molar-refractivity contribution in [3.63, 3.8) is 0 Å². The third-order valence-corrected chi connectivity index (χ3v) is 2.47. The summed E-state index contributed by atoms with van der Waals surface area (Å²) in [4.78, 5) is 0. The van der Waals surface area contributed by atoms with Gasteiger partial charge in [0.2, 0.25) is 0 Å². The van der Waals surface area contributed by atoms with Crippen LogP contribution in [0.25, 0.3) is 11.3 Å². The molecule has 3 nitrogen and oxygen atoms in total. The Bertz CT molecular complexity index is 515. The van der Waals surface area contributed by atoms with Gasteiger partial charge in [-0.3, -0.25) is 4.68 Å². The summed E-state index contributed by atoms with van der Waals surface area (Å²) < 4.78 is 1.97. The van der Waals surface area contributed by atoms with Crippen LogP contribution in [0.3, 0.4) is 0 Å². The zero-order valence-electron chi connectivity index (χ0n) is 9.38. The number of aromatic nitrogens is 2. The molecular weight excluding hydrogens is 198 g/mol. The first-order valence-corrected chi connectivity index (χ1v) is 5.26. The van der Waals surface area contributed by atoms with E-state index in [0.717, 1.165) is 11.3 Å². The molecule has 0 atom stereocenters. The fourth-order valence-electron chi connectivity index (χ4n) is 1.67. The molecule has 0 radical (unpaired) electrons. The van der Waals surface area contributed by atoms with Crippen molar-refractivity contribution in [3.8, 4) is 17.3 Å². The Kier molecular flexibility index (Phi) is 2.74. The first-order chi connectivity index (χ1) is 7.72. The predicted octanol–water partition coefficient (Wildman–Crippen LogP) is 3.00. The standard InChI is InChI=1S/C13H13N3/c1-10(2)16-13(7-8-15-16)12-5-3-11(9-14)4-6-12/h3-8,10H,1-2H3. The maximum atomic E-state index is 8.73. The molecular formula is C13H13N3. The molecule has 2 rings (SSSR count). The van der Waals surface area contributed by atoms with Crippen molar-refractivity contribution in [1.82, 2.24) is 9.78 Å². The first-order valence-electron chi connectivity index (χ1n) is 5.26. The lowest BCUT2D eigenvalue weighted by Crippen LogP contribution is -2.04. The molecule has 0 fully saturated rings. The predicted molar refractivity (Wildman–Crippen MR) is 62.8 cm³/mol. The second-order valence-electron chi connectivity index (χ2n) is 3.94. The Labute approximate surface area is 94.9 Å². The molecule has 0 spiro atoms. The van der Waals surface area contributed by atoms with Crippen LogP contribution in [0, 0.1) is 11.3 Å². The van der Waals surface area contributed by atoms with Gasteiger partial charge in [0.25, 0.3) is 0 Å². The molecule has 0 aliphatic rings. The number of rotatable bonds is 2. The molecule has 0 saturated carbocycles. The molecule has 1 aromatic carbocycles. The topological polar surface area (TPSA) is 41.6 Å². The maximum absolute atomic E-state index is 8.73. The Morgan fingerprint density at radius 2 is 1.88 bits per heavy atom. The Balaban J connectivity index is 2.43. The number of hydrogen-bond acceptors (Lipinski definition) is 2. The van der Waals surface area contributed by atoms with Crippen LogP contribution in [0.4, 0.5) is 0 Å². The van der Waals surface area contributed by atoms with E-state index in [1.807, 2.05) is 35.0 Å². The summed E-state index contributed by atoms with van der Waals surface area (Å²) in [5.41, 5.74) is 2.85. The van der Waals surface area contributed by atoms with Crippen molar-refractivity contribution in [1.29, 1.82) is 5.26 Å². The van der Waals surface area contributed by atoms with E-state index in [1.165, 1.54) is 0 Å². The van der Waals surface area contributed by atoms with Gasteiger partial charge in [0.1, 0.15) is 0 Å². The van der Waals surface area contributed by atoms with Gasteiger partial charge in [0.15, 0.2) is 0 Å². The van der Waals surface area contributed by atoms with Crippen LogP contribution in [0.15, 0.2) is 36.5 Å². The van der Waals surface area contributed by atoms with Gasteiger partial charge in [-0.1, -0.05) is 12.1 Å². The summed E-state index contributed by atoms with van der Waals surface area (Å²) in [6.07, 6.45) is 1.80. The molecule has 3 heteroatoms. The lowest BCUT2D eigenvalue weighted by atomic mass is 10.1. The lowest BCUT2D eigenvalue weighted by molar-refractivity contribution is 0.538. The smallest absolute Gasteiger partial charge is 0.0991 e. The van der Waals surface area contributed by atoms with Crippen LogP contribution in [0.5, 0.6) is 0 Å². The molecule has 0 amide bonds. The molecule has 0 aliphatic carbocycles. The van der Waals surface area contributed by atoms with Gasteiger partial charge >= 0.3 is 0 Å². The van der Waals surface area contributed by atoms with Gasteiger partial charge in [-0.2, -0.15) is 10.4 Å². The third kappa shape index (κ3) is 1.82. The summed E-state index contributed by atoms with van der Waals surface area (Å²) >= 11 is 0. The van der Waals surface area contributed by atoms with Crippen molar-refractivity contribution in [2.24, 2.45) is 0 Å². The molecule has 0 bridgehead atoms. The highest BCUT2D eigenvalue weighted by atomic mass is 15.3. The van der Waals surface area contributed by atoms with Crippen LogP contribution in [-0.4, -0.2) is 9.78 Å². The highest BCUT2D eigenvalue weighted by molar-refractivity contribution is 5.60. The number of hydrogen-bond donors (Lipinski definition) is 0. The molecule has 80 valence electrons. The maximum Gasteiger partial charge on any atom is 0.0991 e. The van der Waals surface area contributed by atoms with E-state index in [9.17, 15) is 0 Å². The first kappa shape index (κ1) is 10.4. The second kappa shape index (κ2) is 4.19. The average molecular weight is 211 g/mol. The minimum Gasteiger partial charge on any atom is -0.262 e. The molecule has 0 saturated heterocycles. The summed E-state index contributed by atoms with van der Waals surface area (Å²) in [7, 11) is 0. The van der Waals surface area contributed by atoms with Gasteiger partial charge in [-0.25, -0.2) is 0 Å². The van der Waals surface area contributed by atoms with Crippen molar-refractivity contribution in [2.45, 2.75) is 19.9 Å². The van der Waals surface area contributed by atoms with Crippen LogP contribution in [-0.2, 0) is 0 Å². The van der Waals surface area contributed by atoms with E-state index in [2.05, 4.69) is 25.0 Å². The fourth-order valence-corrected chi connectivity index (χ4v) is 1.67. The van der Waals surface area contributed by atoms with Gasteiger partial charge in [0.05, 0.1) is 17.3 Å². The highest BCUT2D eigenvalue weighted by Crippen LogP contribution is 2.22. The molecule has 0 unspecified atom stereocenters. The van der Waals surface area contributed by atoms with E-state index >= 15 is 0 Å². The van der Waals surface area contributed by atoms with Crippen molar-refractivity contribution in [2.75, 3.05) is 0 Å². The molecule has 0 N–H and O–H groups in total. The van der Waals surface area contributed by atoms with E-state index in [1.54, 1.807) is 6.20 Å². The molecule has 1 heterocycles. The Hall–Kier alpha value is -2.08. The molecule has 1 aromatic heterocycles. The largest absolute Gasteiger partial charge is 0.262 e. The monoisotopic (exact) mass is 211 g/mol. The SMILES string of the molecule is CC(C)n1nccc1-c1ccc(C#N)cc1. The van der Waals surface area contributed by atoms with E-state index < -0.39 is 0 Å². The molecule has 0 aliphatic heterocycles. The van der Waals surface area contributed by atoms with Crippen LogP contribution < -0.4 is 0 Å². The summed E-state index contributed by atoms with van der Waals surface area (Å²) in [6, 6.07) is 12.0. The zero-order chi connectivity index (χ0) is 11.5. The second-order valence-corrected chi connectivity index (χ2v) is 3.94. The van der Waals surface area contributed by atoms with Gasteiger partial charge in [-0.15, -0.1) is 0 Å². The third-order valence-electron chi connectivity index (χ3n) is 2.47. The van der Waals surface area contributed by atoms with E-state index in [-0.39, 0.29) is 0 Å². The summed E-state index contributed by atoms with van der Waals surface area (Å²) in [5, 5.41) is 13.0. The normalized spacial score (nSPS) is 10.4. The Morgan fingerprint density at radius 1 is 1.19 bits per heavy atom. The van der Waals surface area contributed by atoms with Crippen LogP contribution in [0.1, 0.15) is 25.5 Å². The minimum atomic E-state index is 0.334. The van der Waals surface area contributed by atoms with Crippen molar-refractivity contribution < 1.29 is 0 Å². The molecule has 16 heavy (non-hydrogen) atoms. The quantitative estimate of drug-likeness (QED) is 0.766.